The zero-order valence-corrected chi connectivity index (χ0v) is 10.7. The van der Waals surface area contributed by atoms with Crippen molar-refractivity contribution in [1.29, 1.82) is 0 Å². The summed E-state index contributed by atoms with van der Waals surface area (Å²) in [4.78, 5) is 3.09. The number of nitrogens with one attached hydrogen (secondary N) is 1. The third-order valence-corrected chi connectivity index (χ3v) is 3.41. The summed E-state index contributed by atoms with van der Waals surface area (Å²) in [6, 6.07) is 9.32. The van der Waals surface area contributed by atoms with Gasteiger partial charge in [-0.2, -0.15) is 0 Å². The fourth-order valence-electron chi connectivity index (χ4n) is 2.24. The molecule has 1 unspecified atom stereocenters. The molecular weight excluding hydrogens is 208 g/mol. The summed E-state index contributed by atoms with van der Waals surface area (Å²) in [5.41, 5.74) is 2.98. The van der Waals surface area contributed by atoms with Crippen LogP contribution < -0.4 is 4.57 Å². The Bertz CT molecular complexity index is 446. The van der Waals surface area contributed by atoms with Crippen molar-refractivity contribution >= 4 is 0 Å². The summed E-state index contributed by atoms with van der Waals surface area (Å²) in [6.07, 6.45) is 9.55. The first-order valence-electron chi connectivity index (χ1n) is 6.41. The highest BCUT2D eigenvalue weighted by Gasteiger charge is 2.10. The molecule has 0 saturated carbocycles. The molecule has 17 heavy (non-hydrogen) atoms. The number of imidazole rings is 1. The minimum Gasteiger partial charge on any atom is -0.250 e. The van der Waals surface area contributed by atoms with E-state index in [1.54, 1.807) is 0 Å². The Morgan fingerprint density at radius 2 is 2.00 bits per heavy atom. The average molecular weight is 229 g/mol. The molecule has 2 rings (SSSR count). The Labute approximate surface area is 103 Å². The second-order valence-electron chi connectivity index (χ2n) is 4.57. The number of H-pyrrole nitrogens is 1. The smallest absolute Gasteiger partial charge is 0.241 e. The van der Waals surface area contributed by atoms with Gasteiger partial charge < -0.3 is 0 Å². The molecule has 1 atom stereocenters. The van der Waals surface area contributed by atoms with Crippen molar-refractivity contribution in [2.75, 3.05) is 0 Å². The highest BCUT2D eigenvalue weighted by Crippen LogP contribution is 2.14. The molecule has 0 amide bonds. The fraction of sp³-hybridized carbons (Fsp3) is 0.400. The molecule has 1 heterocycles. The third-order valence-electron chi connectivity index (χ3n) is 3.41. The van der Waals surface area contributed by atoms with Gasteiger partial charge >= 0.3 is 0 Å². The summed E-state index contributed by atoms with van der Waals surface area (Å²) < 4.78 is 2.23. The van der Waals surface area contributed by atoms with Gasteiger partial charge in [-0.1, -0.05) is 31.2 Å². The minimum atomic E-state index is 0.547. The van der Waals surface area contributed by atoms with Crippen molar-refractivity contribution < 1.29 is 4.57 Å². The van der Waals surface area contributed by atoms with Gasteiger partial charge in [0, 0.05) is 0 Å². The van der Waals surface area contributed by atoms with Crippen molar-refractivity contribution in [1.82, 2.24) is 4.98 Å². The average Bonchev–Trinajstić information content (AvgIpc) is 2.90. The SMILES string of the molecule is CCc1ccccc1CCC(C)[n+]1cc[nH]c1. The Morgan fingerprint density at radius 3 is 2.65 bits per heavy atom. The maximum absolute atomic E-state index is 3.09. The molecule has 0 aliphatic heterocycles. The third kappa shape index (κ3) is 2.96. The van der Waals surface area contributed by atoms with Crippen molar-refractivity contribution in [2.24, 2.45) is 0 Å². The normalized spacial score (nSPS) is 12.6. The van der Waals surface area contributed by atoms with E-state index < -0.39 is 0 Å². The van der Waals surface area contributed by atoms with Crippen molar-refractivity contribution in [2.45, 2.75) is 39.2 Å². The Hall–Kier alpha value is -1.57. The molecule has 0 spiro atoms. The van der Waals surface area contributed by atoms with Crippen LogP contribution in [0, 0.1) is 0 Å². The van der Waals surface area contributed by atoms with E-state index in [0.29, 0.717) is 6.04 Å². The van der Waals surface area contributed by atoms with Gasteiger partial charge in [0.25, 0.3) is 0 Å². The second-order valence-corrected chi connectivity index (χ2v) is 4.57. The summed E-state index contributed by atoms with van der Waals surface area (Å²) in [5, 5.41) is 0. The first-order valence-corrected chi connectivity index (χ1v) is 6.41. The molecule has 2 aromatic rings. The van der Waals surface area contributed by atoms with Crippen molar-refractivity contribution in [3.05, 3.63) is 54.1 Å². The van der Waals surface area contributed by atoms with E-state index in [1.807, 2.05) is 12.5 Å². The van der Waals surface area contributed by atoms with Crippen LogP contribution in [0.1, 0.15) is 37.4 Å². The van der Waals surface area contributed by atoms with E-state index in [9.17, 15) is 0 Å². The number of hydrogen-bond acceptors (Lipinski definition) is 0. The summed E-state index contributed by atoms with van der Waals surface area (Å²) in [7, 11) is 0. The maximum atomic E-state index is 3.09. The van der Waals surface area contributed by atoms with Crippen LogP contribution >= 0.6 is 0 Å². The van der Waals surface area contributed by atoms with Gasteiger partial charge in [-0.3, -0.25) is 4.98 Å². The molecule has 1 aromatic heterocycles. The van der Waals surface area contributed by atoms with E-state index in [1.165, 1.54) is 17.5 Å². The summed E-state index contributed by atoms with van der Waals surface area (Å²) in [6.45, 7) is 4.49. The zero-order chi connectivity index (χ0) is 12.1. The Kier molecular flexibility index (Phi) is 3.97. The minimum absolute atomic E-state index is 0.547. The molecule has 0 saturated heterocycles. The fourth-order valence-corrected chi connectivity index (χ4v) is 2.24. The van der Waals surface area contributed by atoms with Gasteiger partial charge in [-0.15, -0.1) is 0 Å². The van der Waals surface area contributed by atoms with Crippen LogP contribution in [0.3, 0.4) is 0 Å². The summed E-state index contributed by atoms with van der Waals surface area (Å²) >= 11 is 0. The van der Waals surface area contributed by atoms with Crippen LogP contribution in [0.5, 0.6) is 0 Å². The predicted molar refractivity (Wildman–Crippen MR) is 69.8 cm³/mol. The first kappa shape index (κ1) is 11.9. The highest BCUT2D eigenvalue weighted by atomic mass is 15.0. The zero-order valence-electron chi connectivity index (χ0n) is 10.7. The Morgan fingerprint density at radius 1 is 1.24 bits per heavy atom. The lowest BCUT2D eigenvalue weighted by molar-refractivity contribution is -0.719. The van der Waals surface area contributed by atoms with Gasteiger partial charge in [0.15, 0.2) is 0 Å². The van der Waals surface area contributed by atoms with Crippen LogP contribution in [0.4, 0.5) is 0 Å². The molecule has 1 N–H and O–H groups in total. The highest BCUT2D eigenvalue weighted by molar-refractivity contribution is 5.27. The number of aromatic amines is 1. The lowest BCUT2D eigenvalue weighted by atomic mass is 9.99. The number of nitrogens with zero attached hydrogens (tertiary/aromatic N) is 1. The maximum Gasteiger partial charge on any atom is 0.241 e. The lowest BCUT2D eigenvalue weighted by Crippen LogP contribution is -2.35. The van der Waals surface area contributed by atoms with E-state index >= 15 is 0 Å². The number of rotatable bonds is 5. The molecular formula is C15H21N2+. The first-order chi connectivity index (χ1) is 8.31. The largest absolute Gasteiger partial charge is 0.250 e. The molecule has 0 fully saturated rings. The van der Waals surface area contributed by atoms with Gasteiger partial charge in [0.2, 0.25) is 6.33 Å². The van der Waals surface area contributed by atoms with Crippen LogP contribution in [0.15, 0.2) is 43.0 Å². The Balaban J connectivity index is 1.98. The van der Waals surface area contributed by atoms with E-state index in [4.69, 9.17) is 0 Å². The van der Waals surface area contributed by atoms with Gasteiger partial charge in [-0.25, -0.2) is 4.57 Å². The number of aromatic nitrogens is 2. The van der Waals surface area contributed by atoms with Crippen LogP contribution in [0.25, 0.3) is 0 Å². The van der Waals surface area contributed by atoms with Gasteiger partial charge in [-0.05, 0) is 37.3 Å². The van der Waals surface area contributed by atoms with Crippen molar-refractivity contribution in [3.63, 3.8) is 0 Å². The molecule has 0 aliphatic carbocycles. The number of hydrogen-bond donors (Lipinski definition) is 1. The number of aryl methyl sites for hydroxylation is 2. The van der Waals surface area contributed by atoms with E-state index in [2.05, 4.69) is 53.9 Å². The monoisotopic (exact) mass is 229 g/mol. The molecule has 0 radical (unpaired) electrons. The van der Waals surface area contributed by atoms with E-state index in [0.717, 1.165) is 12.8 Å². The van der Waals surface area contributed by atoms with Crippen molar-refractivity contribution in [3.8, 4) is 0 Å². The van der Waals surface area contributed by atoms with Gasteiger partial charge in [0.1, 0.15) is 12.4 Å². The van der Waals surface area contributed by atoms with Crippen LogP contribution in [-0.4, -0.2) is 4.98 Å². The van der Waals surface area contributed by atoms with Gasteiger partial charge in [0.05, 0.1) is 6.04 Å². The quantitative estimate of drug-likeness (QED) is 0.760. The molecule has 2 nitrogen and oxygen atoms in total. The topological polar surface area (TPSA) is 19.7 Å². The molecule has 1 aromatic carbocycles. The molecule has 2 heteroatoms. The lowest BCUT2D eigenvalue weighted by Gasteiger charge is -2.10. The predicted octanol–water partition coefficient (Wildman–Crippen LogP) is 3.06. The molecule has 0 bridgehead atoms. The standard InChI is InChI=1S/C15H20N2/c1-3-14-6-4-5-7-15(14)9-8-13(2)17-11-10-16-12-17/h4-7,10-13H,3,8-9H2,1-2H3/p+1. The number of benzene rings is 1. The van der Waals surface area contributed by atoms with E-state index in [-0.39, 0.29) is 0 Å². The summed E-state index contributed by atoms with van der Waals surface area (Å²) in [5.74, 6) is 0. The van der Waals surface area contributed by atoms with Crippen LogP contribution in [0.2, 0.25) is 0 Å². The second kappa shape index (κ2) is 5.67. The molecule has 90 valence electrons. The molecule has 0 aliphatic rings. The van der Waals surface area contributed by atoms with Crippen LogP contribution in [-0.2, 0) is 12.8 Å².